The average molecular weight is 501 g/mol. The highest BCUT2D eigenvalue weighted by molar-refractivity contribution is 7.09. The monoisotopic (exact) mass is 500 g/mol. The van der Waals surface area contributed by atoms with E-state index in [1.807, 2.05) is 6.92 Å². The number of hydrogen-bond acceptors (Lipinski definition) is 8. The predicted molar refractivity (Wildman–Crippen MR) is 122 cm³/mol. The van der Waals surface area contributed by atoms with Crippen molar-refractivity contribution in [3.05, 3.63) is 63.5 Å². The zero-order valence-electron chi connectivity index (χ0n) is 19.2. The standard InChI is InChI=1S/C23H22F2N6O3S/c1-23(14-9-28-31(2)21(14)33-3,22-29-17(10-35-22)12-4-5-12)11-27-20(32)16-7-18(34-30-16)19-15(25)6-13(24)8-26-19/h6-10,12H,4-5,11H2,1-3H3,(H,27,32). The summed E-state index contributed by atoms with van der Waals surface area (Å²) in [5.41, 5.74) is 0.782. The number of rotatable bonds is 8. The molecule has 4 heterocycles. The van der Waals surface area contributed by atoms with Gasteiger partial charge in [0.25, 0.3) is 5.91 Å². The largest absolute Gasteiger partial charge is 0.481 e. The normalized spacial score (nSPS) is 15.1. The number of ether oxygens (including phenoxy) is 1. The van der Waals surface area contributed by atoms with Crippen LogP contribution in [-0.4, -0.2) is 44.5 Å². The number of nitrogens with zero attached hydrogens (tertiary/aromatic N) is 5. The van der Waals surface area contributed by atoms with E-state index in [4.69, 9.17) is 14.2 Å². The molecule has 35 heavy (non-hydrogen) atoms. The minimum Gasteiger partial charge on any atom is -0.481 e. The van der Waals surface area contributed by atoms with Gasteiger partial charge in [0, 0.05) is 42.6 Å². The van der Waals surface area contributed by atoms with Gasteiger partial charge < -0.3 is 14.6 Å². The van der Waals surface area contributed by atoms with Crippen LogP contribution in [0.4, 0.5) is 8.78 Å². The van der Waals surface area contributed by atoms with Crippen LogP contribution in [0.5, 0.6) is 5.88 Å². The van der Waals surface area contributed by atoms with Crippen molar-refractivity contribution < 1.29 is 22.8 Å². The van der Waals surface area contributed by atoms with Gasteiger partial charge in [0.2, 0.25) is 5.88 Å². The summed E-state index contributed by atoms with van der Waals surface area (Å²) in [5, 5.41) is 13.8. The average Bonchev–Trinajstić information content (AvgIpc) is 3.23. The molecule has 182 valence electrons. The quantitative estimate of drug-likeness (QED) is 0.392. The predicted octanol–water partition coefficient (Wildman–Crippen LogP) is 3.83. The molecule has 0 radical (unpaired) electrons. The van der Waals surface area contributed by atoms with Gasteiger partial charge in [0.05, 0.1) is 30.6 Å². The summed E-state index contributed by atoms with van der Waals surface area (Å²) in [6, 6.07) is 1.94. The Balaban J connectivity index is 1.41. The number of aryl methyl sites for hydroxylation is 1. The summed E-state index contributed by atoms with van der Waals surface area (Å²) in [5.74, 6) is -1.30. The molecule has 1 aliphatic rings. The molecular formula is C23H22F2N6O3S. The Morgan fingerprint density at radius 3 is 2.86 bits per heavy atom. The van der Waals surface area contributed by atoms with Gasteiger partial charge >= 0.3 is 0 Å². The Labute approximate surface area is 203 Å². The lowest BCUT2D eigenvalue weighted by molar-refractivity contribution is 0.0938. The van der Waals surface area contributed by atoms with Gasteiger partial charge in [-0.2, -0.15) is 5.10 Å². The van der Waals surface area contributed by atoms with E-state index < -0.39 is 23.0 Å². The fourth-order valence-electron chi connectivity index (χ4n) is 3.88. The van der Waals surface area contributed by atoms with Gasteiger partial charge in [-0.15, -0.1) is 11.3 Å². The van der Waals surface area contributed by atoms with E-state index in [-0.39, 0.29) is 23.7 Å². The molecule has 12 heteroatoms. The Morgan fingerprint density at radius 1 is 1.34 bits per heavy atom. The first-order valence-electron chi connectivity index (χ1n) is 10.9. The molecule has 1 atom stereocenters. The Bertz CT molecular complexity index is 1400. The fourth-order valence-corrected chi connectivity index (χ4v) is 4.95. The number of aromatic nitrogens is 5. The van der Waals surface area contributed by atoms with Crippen molar-refractivity contribution in [3.8, 4) is 17.3 Å². The summed E-state index contributed by atoms with van der Waals surface area (Å²) in [6.07, 6.45) is 4.83. The highest BCUT2D eigenvalue weighted by atomic mass is 32.1. The van der Waals surface area contributed by atoms with E-state index in [1.165, 1.54) is 17.4 Å². The van der Waals surface area contributed by atoms with Crippen LogP contribution < -0.4 is 10.1 Å². The number of pyridine rings is 1. The van der Waals surface area contributed by atoms with E-state index in [9.17, 15) is 13.6 Å². The fraction of sp³-hybridized carbons (Fsp3) is 0.348. The highest BCUT2D eigenvalue weighted by Gasteiger charge is 2.39. The Kier molecular flexibility index (Phi) is 5.83. The molecule has 9 nitrogen and oxygen atoms in total. The zero-order valence-corrected chi connectivity index (χ0v) is 20.0. The van der Waals surface area contributed by atoms with Gasteiger partial charge in [-0.3, -0.25) is 4.79 Å². The number of amides is 1. The summed E-state index contributed by atoms with van der Waals surface area (Å²) in [7, 11) is 3.34. The van der Waals surface area contributed by atoms with Crippen LogP contribution in [0.3, 0.4) is 0 Å². The van der Waals surface area contributed by atoms with Crippen LogP contribution in [-0.2, 0) is 12.5 Å². The zero-order chi connectivity index (χ0) is 24.7. The lowest BCUT2D eigenvalue weighted by Gasteiger charge is -2.27. The second-order valence-electron chi connectivity index (χ2n) is 8.62. The van der Waals surface area contributed by atoms with Crippen molar-refractivity contribution in [2.45, 2.75) is 31.1 Å². The molecule has 0 bridgehead atoms. The van der Waals surface area contributed by atoms with Crippen LogP contribution in [0.2, 0.25) is 0 Å². The topological polar surface area (TPSA) is 108 Å². The van der Waals surface area contributed by atoms with Crippen LogP contribution in [0, 0.1) is 11.6 Å². The van der Waals surface area contributed by atoms with Crippen molar-refractivity contribution in [2.24, 2.45) is 7.05 Å². The maximum absolute atomic E-state index is 14.0. The summed E-state index contributed by atoms with van der Waals surface area (Å²) < 4.78 is 39.5. The van der Waals surface area contributed by atoms with Gasteiger partial charge in [-0.1, -0.05) is 5.16 Å². The van der Waals surface area contributed by atoms with Crippen molar-refractivity contribution in [1.82, 2.24) is 30.2 Å². The first-order chi connectivity index (χ1) is 16.8. The van der Waals surface area contributed by atoms with Crippen molar-refractivity contribution in [3.63, 3.8) is 0 Å². The maximum atomic E-state index is 14.0. The molecule has 1 unspecified atom stereocenters. The van der Waals surface area contributed by atoms with E-state index >= 15 is 0 Å². The molecule has 4 aromatic rings. The number of hydrogen-bond donors (Lipinski definition) is 1. The number of nitrogens with one attached hydrogen (secondary N) is 1. The van der Waals surface area contributed by atoms with Crippen LogP contribution in [0.1, 0.15) is 52.4 Å². The molecule has 1 N–H and O–H groups in total. The number of carbonyl (C=O) groups excluding carboxylic acids is 1. The maximum Gasteiger partial charge on any atom is 0.273 e. The molecule has 0 saturated heterocycles. The third-order valence-electron chi connectivity index (χ3n) is 6.05. The van der Waals surface area contributed by atoms with E-state index in [2.05, 4.69) is 25.9 Å². The molecule has 1 saturated carbocycles. The molecule has 1 amide bonds. The lowest BCUT2D eigenvalue weighted by atomic mass is 9.84. The molecular weight excluding hydrogens is 478 g/mol. The van der Waals surface area contributed by atoms with Gasteiger partial charge in [-0.25, -0.2) is 23.4 Å². The second-order valence-corrected chi connectivity index (χ2v) is 9.48. The second kappa shape index (κ2) is 8.84. The number of methoxy groups -OCH3 is 1. The van der Waals surface area contributed by atoms with Crippen LogP contribution in [0.25, 0.3) is 11.5 Å². The number of thiazole rings is 1. The molecule has 4 aromatic heterocycles. The third-order valence-corrected chi connectivity index (χ3v) is 7.17. The summed E-state index contributed by atoms with van der Waals surface area (Å²) in [6.45, 7) is 2.13. The minimum absolute atomic E-state index is 0.0659. The van der Waals surface area contributed by atoms with Crippen LogP contribution >= 0.6 is 11.3 Å². The highest BCUT2D eigenvalue weighted by Crippen LogP contribution is 2.44. The van der Waals surface area contributed by atoms with E-state index in [1.54, 1.807) is 25.0 Å². The number of carbonyl (C=O) groups is 1. The summed E-state index contributed by atoms with van der Waals surface area (Å²) >= 11 is 1.53. The van der Waals surface area contributed by atoms with E-state index in [0.29, 0.717) is 17.9 Å². The van der Waals surface area contributed by atoms with E-state index in [0.717, 1.165) is 35.3 Å². The molecule has 5 rings (SSSR count). The number of halogens is 2. The smallest absolute Gasteiger partial charge is 0.273 e. The minimum atomic E-state index is -0.917. The molecule has 0 aromatic carbocycles. The Morgan fingerprint density at radius 2 is 2.14 bits per heavy atom. The molecule has 1 aliphatic carbocycles. The first kappa shape index (κ1) is 23.1. The van der Waals surface area contributed by atoms with Crippen molar-refractivity contribution in [2.75, 3.05) is 13.7 Å². The Hall–Kier alpha value is -3.67. The lowest BCUT2D eigenvalue weighted by Crippen LogP contribution is -2.39. The molecule has 1 fully saturated rings. The third kappa shape index (κ3) is 4.29. The molecule has 0 spiro atoms. The van der Waals surface area contributed by atoms with Gasteiger partial charge in [-0.05, 0) is 19.8 Å². The van der Waals surface area contributed by atoms with Gasteiger partial charge in [0.1, 0.15) is 16.5 Å². The van der Waals surface area contributed by atoms with Crippen LogP contribution in [0.15, 0.2) is 34.4 Å². The summed E-state index contributed by atoms with van der Waals surface area (Å²) in [4.78, 5) is 21.5. The SMILES string of the molecule is COc1c(C(C)(CNC(=O)c2cc(-c3ncc(F)cc3F)on2)c2nc(C3CC3)cs2)cnn1C. The van der Waals surface area contributed by atoms with Crippen molar-refractivity contribution >= 4 is 17.2 Å². The molecule has 0 aliphatic heterocycles. The van der Waals surface area contributed by atoms with Gasteiger partial charge in [0.15, 0.2) is 17.3 Å². The first-order valence-corrected chi connectivity index (χ1v) is 11.8. The van der Waals surface area contributed by atoms with Crippen molar-refractivity contribution in [1.29, 1.82) is 0 Å².